The topological polar surface area (TPSA) is 74.2 Å². The summed E-state index contributed by atoms with van der Waals surface area (Å²) in [4.78, 5) is 4.36. The lowest BCUT2D eigenvalue weighted by Crippen LogP contribution is -2.13. The number of nitrogens with zero attached hydrogens (tertiary/aromatic N) is 2. The van der Waals surface area contributed by atoms with Crippen LogP contribution in [-0.4, -0.2) is 17.3 Å². The number of benzene rings is 1. The van der Waals surface area contributed by atoms with Crippen LogP contribution in [0.1, 0.15) is 24.7 Å². The molecular formula is C13H15N3O2. The zero-order valence-corrected chi connectivity index (χ0v) is 10.2. The summed E-state index contributed by atoms with van der Waals surface area (Å²) in [5.41, 5.74) is 6.88. The van der Waals surface area contributed by atoms with E-state index in [-0.39, 0.29) is 6.04 Å². The van der Waals surface area contributed by atoms with Gasteiger partial charge >= 0.3 is 0 Å². The van der Waals surface area contributed by atoms with Gasteiger partial charge in [-0.25, -0.2) is 0 Å². The van der Waals surface area contributed by atoms with Crippen LogP contribution in [0.2, 0.25) is 0 Å². The molecule has 5 nitrogen and oxygen atoms in total. The van der Waals surface area contributed by atoms with Crippen LogP contribution in [0.5, 0.6) is 5.75 Å². The maximum Gasteiger partial charge on any atom is 0.258 e. The molecule has 2 N–H and O–H groups in total. The highest BCUT2D eigenvalue weighted by Crippen LogP contribution is 2.38. The van der Waals surface area contributed by atoms with Gasteiger partial charge in [0.05, 0.1) is 13.2 Å². The minimum Gasteiger partial charge on any atom is -0.497 e. The van der Waals surface area contributed by atoms with Gasteiger partial charge in [-0.3, -0.25) is 0 Å². The molecule has 1 aliphatic carbocycles. The normalized spacial score (nSPS) is 16.6. The summed E-state index contributed by atoms with van der Waals surface area (Å²) in [6.45, 7) is 0. The van der Waals surface area contributed by atoms with Crippen LogP contribution >= 0.6 is 0 Å². The third-order valence-electron chi connectivity index (χ3n) is 3.19. The standard InChI is InChI=1S/C13H15N3O2/c1-17-10-4-2-3-9(7-10)13-15-12(16-18-13)11(14)8-5-6-8/h2-4,7-8,11H,5-6,14H2,1H3. The van der Waals surface area contributed by atoms with Gasteiger partial charge in [-0.05, 0) is 37.0 Å². The van der Waals surface area contributed by atoms with Gasteiger partial charge in [-0.1, -0.05) is 11.2 Å². The Hall–Kier alpha value is -1.88. The van der Waals surface area contributed by atoms with Crippen molar-refractivity contribution in [3.05, 3.63) is 30.1 Å². The quantitative estimate of drug-likeness (QED) is 0.893. The molecule has 2 aromatic rings. The molecule has 1 atom stereocenters. The van der Waals surface area contributed by atoms with Gasteiger partial charge in [-0.15, -0.1) is 0 Å². The highest BCUT2D eigenvalue weighted by Gasteiger charge is 2.32. The number of ether oxygens (including phenoxy) is 1. The van der Waals surface area contributed by atoms with Crippen LogP contribution in [-0.2, 0) is 0 Å². The Bertz CT molecular complexity index is 549. The second kappa shape index (κ2) is 4.42. The first-order valence-corrected chi connectivity index (χ1v) is 6.01. The molecule has 94 valence electrons. The highest BCUT2D eigenvalue weighted by atomic mass is 16.5. The summed E-state index contributed by atoms with van der Waals surface area (Å²) >= 11 is 0. The van der Waals surface area contributed by atoms with E-state index in [2.05, 4.69) is 10.1 Å². The zero-order valence-electron chi connectivity index (χ0n) is 10.2. The Morgan fingerprint density at radius 2 is 2.28 bits per heavy atom. The lowest BCUT2D eigenvalue weighted by Gasteiger charge is -2.02. The molecule has 1 aromatic heterocycles. The summed E-state index contributed by atoms with van der Waals surface area (Å²) in [5.74, 6) is 2.36. The number of methoxy groups -OCH3 is 1. The van der Waals surface area contributed by atoms with Gasteiger partial charge < -0.3 is 15.0 Å². The number of rotatable bonds is 4. The molecule has 1 heterocycles. The van der Waals surface area contributed by atoms with Crippen molar-refractivity contribution >= 4 is 0 Å². The lowest BCUT2D eigenvalue weighted by molar-refractivity contribution is 0.408. The number of hydrogen-bond acceptors (Lipinski definition) is 5. The van der Waals surface area contributed by atoms with Crippen molar-refractivity contribution in [2.24, 2.45) is 11.7 Å². The molecule has 0 aliphatic heterocycles. The van der Waals surface area contributed by atoms with E-state index in [1.165, 1.54) is 0 Å². The van der Waals surface area contributed by atoms with E-state index in [0.717, 1.165) is 24.2 Å². The minimum atomic E-state index is -0.104. The van der Waals surface area contributed by atoms with E-state index in [9.17, 15) is 0 Å². The molecule has 3 rings (SSSR count). The van der Waals surface area contributed by atoms with E-state index >= 15 is 0 Å². The molecule has 0 bridgehead atoms. The summed E-state index contributed by atoms with van der Waals surface area (Å²) in [6.07, 6.45) is 2.31. The van der Waals surface area contributed by atoms with Crippen LogP contribution < -0.4 is 10.5 Å². The maximum absolute atomic E-state index is 6.04. The fourth-order valence-electron chi connectivity index (χ4n) is 1.91. The monoisotopic (exact) mass is 245 g/mol. The predicted molar refractivity (Wildman–Crippen MR) is 65.9 cm³/mol. The first-order valence-electron chi connectivity index (χ1n) is 6.01. The minimum absolute atomic E-state index is 0.104. The predicted octanol–water partition coefficient (Wildman–Crippen LogP) is 2.16. The molecule has 0 amide bonds. The highest BCUT2D eigenvalue weighted by molar-refractivity contribution is 5.55. The second-order valence-corrected chi connectivity index (χ2v) is 4.55. The first-order chi connectivity index (χ1) is 8.78. The summed E-state index contributed by atoms with van der Waals surface area (Å²) in [7, 11) is 1.63. The molecule has 0 spiro atoms. The van der Waals surface area contributed by atoms with E-state index < -0.39 is 0 Å². The van der Waals surface area contributed by atoms with Crippen molar-refractivity contribution in [3.8, 4) is 17.2 Å². The first kappa shape index (κ1) is 11.2. The molecule has 0 saturated heterocycles. The zero-order chi connectivity index (χ0) is 12.5. The Morgan fingerprint density at radius 1 is 1.44 bits per heavy atom. The molecule has 1 saturated carbocycles. The number of aromatic nitrogens is 2. The third kappa shape index (κ3) is 2.09. The van der Waals surface area contributed by atoms with Crippen molar-refractivity contribution in [1.29, 1.82) is 0 Å². The molecule has 1 fully saturated rings. The smallest absolute Gasteiger partial charge is 0.258 e. The van der Waals surface area contributed by atoms with Crippen molar-refractivity contribution in [1.82, 2.24) is 10.1 Å². The number of hydrogen-bond donors (Lipinski definition) is 1. The van der Waals surface area contributed by atoms with Gasteiger partial charge in [-0.2, -0.15) is 4.98 Å². The van der Waals surface area contributed by atoms with E-state index in [1.54, 1.807) is 7.11 Å². The van der Waals surface area contributed by atoms with Crippen LogP contribution in [0.4, 0.5) is 0 Å². The van der Waals surface area contributed by atoms with Crippen molar-refractivity contribution in [2.45, 2.75) is 18.9 Å². The Balaban J connectivity index is 1.87. The molecular weight excluding hydrogens is 230 g/mol. The van der Waals surface area contributed by atoms with Gasteiger partial charge in [0.15, 0.2) is 5.82 Å². The van der Waals surface area contributed by atoms with E-state index in [0.29, 0.717) is 17.6 Å². The Labute approximate surface area is 105 Å². The van der Waals surface area contributed by atoms with Crippen molar-refractivity contribution in [2.75, 3.05) is 7.11 Å². The van der Waals surface area contributed by atoms with Crippen LogP contribution in [0.15, 0.2) is 28.8 Å². The SMILES string of the molecule is COc1cccc(-c2nc(C(N)C3CC3)no2)c1. The molecule has 1 aromatic carbocycles. The number of nitrogens with two attached hydrogens (primary N) is 1. The molecule has 18 heavy (non-hydrogen) atoms. The molecule has 5 heteroatoms. The fraction of sp³-hybridized carbons (Fsp3) is 0.385. The van der Waals surface area contributed by atoms with Crippen molar-refractivity contribution < 1.29 is 9.26 Å². The summed E-state index contributed by atoms with van der Waals surface area (Å²) < 4.78 is 10.4. The van der Waals surface area contributed by atoms with E-state index in [1.807, 2.05) is 24.3 Å². The molecule has 0 radical (unpaired) electrons. The average Bonchev–Trinajstić information content (AvgIpc) is 3.15. The Kier molecular flexibility index (Phi) is 2.76. The lowest BCUT2D eigenvalue weighted by atomic mass is 10.2. The fourth-order valence-corrected chi connectivity index (χ4v) is 1.91. The second-order valence-electron chi connectivity index (χ2n) is 4.55. The van der Waals surface area contributed by atoms with Gasteiger partial charge in [0.2, 0.25) is 0 Å². The summed E-state index contributed by atoms with van der Waals surface area (Å²) in [5, 5.41) is 3.96. The van der Waals surface area contributed by atoms with Crippen LogP contribution in [0.25, 0.3) is 11.5 Å². The van der Waals surface area contributed by atoms with Gasteiger partial charge in [0.1, 0.15) is 5.75 Å². The van der Waals surface area contributed by atoms with Crippen LogP contribution in [0.3, 0.4) is 0 Å². The van der Waals surface area contributed by atoms with Crippen molar-refractivity contribution in [3.63, 3.8) is 0 Å². The Morgan fingerprint density at radius 3 is 3.00 bits per heavy atom. The third-order valence-corrected chi connectivity index (χ3v) is 3.19. The largest absolute Gasteiger partial charge is 0.497 e. The maximum atomic E-state index is 6.04. The van der Waals surface area contributed by atoms with Crippen LogP contribution in [0, 0.1) is 5.92 Å². The molecule has 1 unspecified atom stereocenters. The van der Waals surface area contributed by atoms with E-state index in [4.69, 9.17) is 15.0 Å². The van der Waals surface area contributed by atoms with Gasteiger partial charge in [0, 0.05) is 5.56 Å². The molecule has 1 aliphatic rings. The van der Waals surface area contributed by atoms with Gasteiger partial charge in [0.25, 0.3) is 5.89 Å². The summed E-state index contributed by atoms with van der Waals surface area (Å²) in [6, 6.07) is 7.42. The average molecular weight is 245 g/mol.